The fraction of sp³-hybridized carbons (Fsp3) is 0.200. The largest absolute Gasteiger partial charge is 0.389 e. The van der Waals surface area contributed by atoms with E-state index in [9.17, 15) is 5.11 Å². The lowest BCUT2D eigenvalue weighted by Crippen LogP contribution is -1.90. The number of hydrogen-bond donors (Lipinski definition) is 1. The Bertz CT molecular complexity index is 525. The molecule has 94 valence electrons. The Kier molecular flexibility index (Phi) is 4.87. The molecule has 0 aromatic heterocycles. The van der Waals surface area contributed by atoms with E-state index in [1.807, 2.05) is 30.3 Å². The summed E-state index contributed by atoms with van der Waals surface area (Å²) < 4.78 is 1.11. The molecule has 0 saturated heterocycles. The zero-order valence-corrected chi connectivity index (χ0v) is 12.5. The average molecular weight is 323 g/mol. The van der Waals surface area contributed by atoms with Gasteiger partial charge in [0.25, 0.3) is 0 Å². The van der Waals surface area contributed by atoms with Crippen LogP contribution in [-0.2, 0) is 5.75 Å². The van der Waals surface area contributed by atoms with Gasteiger partial charge < -0.3 is 5.11 Å². The van der Waals surface area contributed by atoms with Crippen molar-refractivity contribution in [3.63, 3.8) is 0 Å². The molecule has 0 amide bonds. The SMILES string of the molecule is CC(O)c1cccc(SCc2cccc(Br)c2)c1. The molecule has 0 radical (unpaired) electrons. The second kappa shape index (κ2) is 6.41. The standard InChI is InChI=1S/C15H15BrOS/c1-11(17)13-5-3-7-15(9-13)18-10-12-4-2-6-14(16)8-12/h2-9,11,17H,10H2,1H3. The number of aliphatic hydroxyl groups is 1. The van der Waals surface area contributed by atoms with Gasteiger partial charge in [0.15, 0.2) is 0 Å². The summed E-state index contributed by atoms with van der Waals surface area (Å²) in [5, 5.41) is 9.55. The van der Waals surface area contributed by atoms with Gasteiger partial charge in [-0.15, -0.1) is 11.8 Å². The number of aliphatic hydroxyl groups excluding tert-OH is 1. The van der Waals surface area contributed by atoms with Crippen LogP contribution in [0.5, 0.6) is 0 Å². The van der Waals surface area contributed by atoms with Crippen molar-refractivity contribution in [1.82, 2.24) is 0 Å². The maximum atomic E-state index is 9.55. The third kappa shape index (κ3) is 3.87. The van der Waals surface area contributed by atoms with Crippen molar-refractivity contribution in [2.75, 3.05) is 0 Å². The van der Waals surface area contributed by atoms with Crippen molar-refractivity contribution in [1.29, 1.82) is 0 Å². The van der Waals surface area contributed by atoms with Crippen molar-refractivity contribution in [3.05, 3.63) is 64.1 Å². The minimum Gasteiger partial charge on any atom is -0.389 e. The monoisotopic (exact) mass is 322 g/mol. The van der Waals surface area contributed by atoms with Crippen LogP contribution in [-0.4, -0.2) is 5.11 Å². The molecule has 0 saturated carbocycles. The van der Waals surface area contributed by atoms with Crippen molar-refractivity contribution in [2.24, 2.45) is 0 Å². The van der Waals surface area contributed by atoms with E-state index in [0.29, 0.717) is 0 Å². The van der Waals surface area contributed by atoms with Gasteiger partial charge in [0.1, 0.15) is 0 Å². The molecule has 1 N–H and O–H groups in total. The van der Waals surface area contributed by atoms with Crippen molar-refractivity contribution in [3.8, 4) is 0 Å². The highest BCUT2D eigenvalue weighted by Crippen LogP contribution is 2.26. The van der Waals surface area contributed by atoms with E-state index in [2.05, 4.69) is 34.1 Å². The van der Waals surface area contributed by atoms with Crippen LogP contribution in [0.4, 0.5) is 0 Å². The lowest BCUT2D eigenvalue weighted by Gasteiger charge is -2.07. The second-order valence-electron chi connectivity index (χ2n) is 4.17. The molecular weight excluding hydrogens is 308 g/mol. The van der Waals surface area contributed by atoms with Gasteiger partial charge in [-0.25, -0.2) is 0 Å². The third-order valence-electron chi connectivity index (χ3n) is 2.64. The summed E-state index contributed by atoms with van der Waals surface area (Å²) in [5.41, 5.74) is 2.26. The molecule has 0 heterocycles. The van der Waals surface area contributed by atoms with Crippen LogP contribution in [0.3, 0.4) is 0 Å². The predicted octanol–water partition coefficient (Wildman–Crippen LogP) is 4.79. The van der Waals surface area contributed by atoms with E-state index in [1.165, 1.54) is 10.5 Å². The zero-order valence-electron chi connectivity index (χ0n) is 10.1. The Balaban J connectivity index is 2.04. The molecule has 3 heteroatoms. The maximum Gasteiger partial charge on any atom is 0.0762 e. The van der Waals surface area contributed by atoms with Crippen LogP contribution >= 0.6 is 27.7 Å². The third-order valence-corrected chi connectivity index (χ3v) is 4.19. The molecule has 2 aromatic carbocycles. The summed E-state index contributed by atoms with van der Waals surface area (Å²) in [6, 6.07) is 16.4. The molecule has 0 aliphatic heterocycles. The lowest BCUT2D eigenvalue weighted by atomic mass is 10.1. The van der Waals surface area contributed by atoms with Gasteiger partial charge in [0.05, 0.1) is 6.10 Å². The smallest absolute Gasteiger partial charge is 0.0762 e. The van der Waals surface area contributed by atoms with Gasteiger partial charge in [0.2, 0.25) is 0 Å². The van der Waals surface area contributed by atoms with Crippen LogP contribution in [0.15, 0.2) is 57.9 Å². The zero-order chi connectivity index (χ0) is 13.0. The van der Waals surface area contributed by atoms with E-state index in [1.54, 1.807) is 18.7 Å². The first-order valence-corrected chi connectivity index (χ1v) is 7.58. The normalized spacial score (nSPS) is 12.4. The molecule has 0 spiro atoms. The lowest BCUT2D eigenvalue weighted by molar-refractivity contribution is 0.199. The quantitative estimate of drug-likeness (QED) is 0.816. The molecule has 1 atom stereocenters. The van der Waals surface area contributed by atoms with Gasteiger partial charge in [-0.05, 0) is 42.3 Å². The van der Waals surface area contributed by atoms with E-state index in [-0.39, 0.29) is 0 Å². The topological polar surface area (TPSA) is 20.2 Å². The summed E-state index contributed by atoms with van der Waals surface area (Å²) in [4.78, 5) is 1.19. The van der Waals surface area contributed by atoms with E-state index in [4.69, 9.17) is 0 Å². The Hall–Kier alpha value is -0.770. The van der Waals surface area contributed by atoms with Gasteiger partial charge in [-0.1, -0.05) is 40.2 Å². The fourth-order valence-corrected chi connectivity index (χ4v) is 3.01. The first-order chi connectivity index (χ1) is 8.65. The minimum absolute atomic E-state index is 0.406. The molecule has 1 unspecified atom stereocenters. The highest BCUT2D eigenvalue weighted by Gasteiger charge is 2.02. The first-order valence-electron chi connectivity index (χ1n) is 5.80. The highest BCUT2D eigenvalue weighted by atomic mass is 79.9. The van der Waals surface area contributed by atoms with Gasteiger partial charge in [0, 0.05) is 15.1 Å². The summed E-state index contributed by atoms with van der Waals surface area (Å²) in [6.07, 6.45) is -0.406. The molecule has 0 fully saturated rings. The Morgan fingerprint density at radius 3 is 2.67 bits per heavy atom. The first kappa shape index (κ1) is 13.7. The van der Waals surface area contributed by atoms with E-state index >= 15 is 0 Å². The molecule has 2 rings (SSSR count). The highest BCUT2D eigenvalue weighted by molar-refractivity contribution is 9.10. The summed E-state index contributed by atoms with van der Waals surface area (Å²) in [5.74, 6) is 0.933. The average Bonchev–Trinajstić information content (AvgIpc) is 2.37. The van der Waals surface area contributed by atoms with Crippen molar-refractivity contribution >= 4 is 27.7 Å². The van der Waals surface area contributed by atoms with E-state index in [0.717, 1.165) is 15.8 Å². The van der Waals surface area contributed by atoms with Crippen molar-refractivity contribution < 1.29 is 5.11 Å². The second-order valence-corrected chi connectivity index (χ2v) is 6.13. The van der Waals surface area contributed by atoms with Crippen LogP contribution in [0.25, 0.3) is 0 Å². The molecule has 1 nitrogen and oxygen atoms in total. The van der Waals surface area contributed by atoms with Gasteiger partial charge in [-0.3, -0.25) is 0 Å². The number of benzene rings is 2. The molecule has 0 aliphatic carbocycles. The maximum absolute atomic E-state index is 9.55. The van der Waals surface area contributed by atoms with Crippen LogP contribution in [0, 0.1) is 0 Å². The molecule has 0 bridgehead atoms. The summed E-state index contributed by atoms with van der Waals surface area (Å²) in [6.45, 7) is 1.79. The predicted molar refractivity (Wildman–Crippen MR) is 80.8 cm³/mol. The number of thioether (sulfide) groups is 1. The number of rotatable bonds is 4. The Labute approximate surface area is 120 Å². The molecular formula is C15H15BrOS. The number of halogens is 1. The van der Waals surface area contributed by atoms with Crippen LogP contribution < -0.4 is 0 Å². The van der Waals surface area contributed by atoms with Gasteiger partial charge >= 0.3 is 0 Å². The summed E-state index contributed by atoms with van der Waals surface area (Å²) >= 11 is 5.26. The summed E-state index contributed by atoms with van der Waals surface area (Å²) in [7, 11) is 0. The number of hydrogen-bond acceptors (Lipinski definition) is 2. The Morgan fingerprint density at radius 2 is 1.94 bits per heavy atom. The Morgan fingerprint density at radius 1 is 1.17 bits per heavy atom. The van der Waals surface area contributed by atoms with E-state index < -0.39 is 6.10 Å². The molecule has 0 aliphatic rings. The minimum atomic E-state index is -0.406. The van der Waals surface area contributed by atoms with Crippen molar-refractivity contribution in [2.45, 2.75) is 23.7 Å². The van der Waals surface area contributed by atoms with Crippen LogP contribution in [0.2, 0.25) is 0 Å². The molecule has 18 heavy (non-hydrogen) atoms. The molecule has 2 aromatic rings. The van der Waals surface area contributed by atoms with Crippen LogP contribution in [0.1, 0.15) is 24.2 Å². The van der Waals surface area contributed by atoms with Gasteiger partial charge in [-0.2, -0.15) is 0 Å². The fourth-order valence-electron chi connectivity index (χ4n) is 1.66.